The van der Waals surface area contributed by atoms with Gasteiger partial charge in [0, 0.05) is 30.9 Å². The highest BCUT2D eigenvalue weighted by atomic mass is 35.5. The van der Waals surface area contributed by atoms with Crippen molar-refractivity contribution < 1.29 is 4.79 Å². The van der Waals surface area contributed by atoms with Gasteiger partial charge in [-0.25, -0.2) is 0 Å². The van der Waals surface area contributed by atoms with Crippen LogP contribution >= 0.6 is 22.9 Å². The lowest BCUT2D eigenvalue weighted by atomic mass is 10.4. The lowest BCUT2D eigenvalue weighted by molar-refractivity contribution is -0.129. The van der Waals surface area contributed by atoms with E-state index in [0.717, 1.165) is 15.8 Å². The molecule has 0 spiro atoms. The van der Waals surface area contributed by atoms with Crippen molar-refractivity contribution in [3.8, 4) is 0 Å². The first kappa shape index (κ1) is 15.0. The number of aromatic nitrogens is 2. The predicted molar refractivity (Wildman–Crippen MR) is 80.9 cm³/mol. The lowest BCUT2D eigenvalue weighted by Gasteiger charge is -2.16. The minimum absolute atomic E-state index is 0.0648. The molecule has 0 fully saturated rings. The van der Waals surface area contributed by atoms with Crippen LogP contribution < -0.4 is 5.32 Å². The van der Waals surface area contributed by atoms with Crippen LogP contribution in [0.4, 0.5) is 0 Å². The van der Waals surface area contributed by atoms with Crippen LogP contribution in [0.15, 0.2) is 30.6 Å². The Morgan fingerprint density at radius 3 is 3.05 bits per heavy atom. The maximum Gasteiger partial charge on any atom is 0.236 e. The Bertz CT molecular complexity index is 540. The van der Waals surface area contributed by atoms with Crippen LogP contribution in [0.1, 0.15) is 4.88 Å². The molecule has 0 aliphatic rings. The first-order chi connectivity index (χ1) is 9.65. The molecule has 2 aromatic rings. The molecule has 0 aliphatic heterocycles. The van der Waals surface area contributed by atoms with E-state index in [0.29, 0.717) is 19.6 Å². The summed E-state index contributed by atoms with van der Waals surface area (Å²) in [4.78, 5) is 14.7. The second kappa shape index (κ2) is 7.42. The summed E-state index contributed by atoms with van der Waals surface area (Å²) in [6.45, 7) is 2.39. The summed E-state index contributed by atoms with van der Waals surface area (Å²) in [5.41, 5.74) is 0. The van der Waals surface area contributed by atoms with E-state index < -0.39 is 0 Å². The zero-order valence-electron chi connectivity index (χ0n) is 11.3. The molecule has 20 heavy (non-hydrogen) atoms. The fourth-order valence-corrected chi connectivity index (χ4v) is 2.86. The first-order valence-corrected chi connectivity index (χ1v) is 7.51. The second-order valence-corrected chi connectivity index (χ2v) is 6.20. The van der Waals surface area contributed by atoms with E-state index in [-0.39, 0.29) is 5.91 Å². The number of hydrogen-bond donors (Lipinski definition) is 1. The molecule has 2 heterocycles. The summed E-state index contributed by atoms with van der Waals surface area (Å²) in [5.74, 6) is 0.0648. The van der Waals surface area contributed by atoms with Gasteiger partial charge in [0.25, 0.3) is 0 Å². The number of thiophene rings is 1. The number of carbonyl (C=O) groups excluding carboxylic acids is 1. The monoisotopic (exact) mass is 312 g/mol. The molecule has 7 heteroatoms. The molecule has 2 rings (SSSR count). The van der Waals surface area contributed by atoms with Crippen molar-refractivity contribution in [2.24, 2.45) is 0 Å². The summed E-state index contributed by atoms with van der Waals surface area (Å²) < 4.78 is 2.58. The van der Waals surface area contributed by atoms with Gasteiger partial charge in [0.05, 0.1) is 24.0 Å². The number of nitrogens with one attached hydrogen (secondary N) is 1. The smallest absolute Gasteiger partial charge is 0.236 e. The van der Waals surface area contributed by atoms with Crippen molar-refractivity contribution in [1.29, 1.82) is 0 Å². The number of amides is 1. The van der Waals surface area contributed by atoms with Gasteiger partial charge in [0.1, 0.15) is 0 Å². The van der Waals surface area contributed by atoms with Crippen molar-refractivity contribution in [2.75, 3.05) is 20.1 Å². The van der Waals surface area contributed by atoms with Crippen LogP contribution in [0.25, 0.3) is 0 Å². The Morgan fingerprint density at radius 2 is 2.40 bits per heavy atom. The molecule has 1 N–H and O–H groups in total. The maximum atomic E-state index is 11.9. The topological polar surface area (TPSA) is 50.2 Å². The van der Waals surface area contributed by atoms with Crippen molar-refractivity contribution in [3.05, 3.63) is 39.8 Å². The van der Waals surface area contributed by atoms with Gasteiger partial charge in [-0.3, -0.25) is 9.48 Å². The predicted octanol–water partition coefficient (Wildman–Crippen LogP) is 1.85. The SMILES string of the molecule is CN(Cc1ccc(Cl)s1)C(=O)CNCCn1cccn1. The third kappa shape index (κ3) is 4.63. The van der Waals surface area contributed by atoms with Crippen molar-refractivity contribution in [2.45, 2.75) is 13.1 Å². The number of halogens is 1. The molecule has 0 bridgehead atoms. The molecule has 2 aromatic heterocycles. The van der Waals surface area contributed by atoms with E-state index in [1.165, 1.54) is 11.3 Å². The summed E-state index contributed by atoms with van der Waals surface area (Å²) in [6.07, 6.45) is 3.64. The summed E-state index contributed by atoms with van der Waals surface area (Å²) in [6, 6.07) is 5.68. The summed E-state index contributed by atoms with van der Waals surface area (Å²) in [5, 5.41) is 7.22. The average Bonchev–Trinajstić information content (AvgIpc) is 3.06. The van der Waals surface area contributed by atoms with Gasteiger partial charge in [0.15, 0.2) is 0 Å². The van der Waals surface area contributed by atoms with Crippen molar-refractivity contribution in [3.63, 3.8) is 0 Å². The molecule has 5 nitrogen and oxygen atoms in total. The zero-order valence-corrected chi connectivity index (χ0v) is 12.8. The van der Waals surface area contributed by atoms with Gasteiger partial charge < -0.3 is 10.2 Å². The van der Waals surface area contributed by atoms with Gasteiger partial charge in [-0.2, -0.15) is 5.10 Å². The molecule has 0 saturated heterocycles. The molecule has 0 saturated carbocycles. The number of rotatable bonds is 7. The van der Waals surface area contributed by atoms with Crippen LogP contribution in [0.3, 0.4) is 0 Å². The molecule has 0 unspecified atom stereocenters. The second-order valence-electron chi connectivity index (χ2n) is 4.40. The highest BCUT2D eigenvalue weighted by molar-refractivity contribution is 7.16. The average molecular weight is 313 g/mol. The van der Waals surface area contributed by atoms with Crippen molar-refractivity contribution in [1.82, 2.24) is 20.0 Å². The minimum Gasteiger partial charge on any atom is -0.340 e. The Morgan fingerprint density at radius 1 is 1.55 bits per heavy atom. The normalized spacial score (nSPS) is 10.7. The maximum absolute atomic E-state index is 11.9. The molecular weight excluding hydrogens is 296 g/mol. The van der Waals surface area contributed by atoms with Crippen molar-refractivity contribution >= 4 is 28.8 Å². The lowest BCUT2D eigenvalue weighted by Crippen LogP contribution is -2.36. The third-order valence-corrected chi connectivity index (χ3v) is 4.02. The largest absolute Gasteiger partial charge is 0.340 e. The van der Waals surface area contributed by atoms with E-state index in [9.17, 15) is 4.79 Å². The van der Waals surface area contributed by atoms with E-state index in [2.05, 4.69) is 10.4 Å². The number of likely N-dealkylation sites (N-methyl/N-ethyl adjacent to an activating group) is 1. The molecule has 0 aromatic carbocycles. The quantitative estimate of drug-likeness (QED) is 0.794. The molecular formula is C13H17ClN4OS. The highest BCUT2D eigenvalue weighted by Crippen LogP contribution is 2.22. The fraction of sp³-hybridized carbons (Fsp3) is 0.385. The standard InChI is InChI=1S/C13H17ClN4OS/c1-17(10-11-3-4-12(14)20-11)13(19)9-15-6-8-18-7-2-5-16-18/h2-5,7,15H,6,8-10H2,1H3. The molecule has 0 radical (unpaired) electrons. The van der Waals surface area contributed by atoms with Crippen LogP contribution in [0, 0.1) is 0 Å². The Labute approximate surface area is 127 Å². The Balaban J connectivity index is 1.66. The number of hydrogen-bond acceptors (Lipinski definition) is 4. The van der Waals surface area contributed by atoms with E-state index in [4.69, 9.17) is 11.6 Å². The number of nitrogens with zero attached hydrogens (tertiary/aromatic N) is 3. The Hall–Kier alpha value is -1.37. The number of carbonyl (C=O) groups is 1. The van der Waals surface area contributed by atoms with Gasteiger partial charge in [-0.15, -0.1) is 11.3 Å². The van der Waals surface area contributed by atoms with Crippen LogP contribution in [-0.2, 0) is 17.9 Å². The Kier molecular flexibility index (Phi) is 5.58. The van der Waals surface area contributed by atoms with E-state index in [1.54, 1.807) is 18.1 Å². The van der Waals surface area contributed by atoms with E-state index in [1.807, 2.05) is 29.1 Å². The fourth-order valence-electron chi connectivity index (χ4n) is 1.72. The molecule has 1 amide bonds. The van der Waals surface area contributed by atoms with Crippen LogP contribution in [0.2, 0.25) is 4.34 Å². The highest BCUT2D eigenvalue weighted by Gasteiger charge is 2.09. The van der Waals surface area contributed by atoms with E-state index >= 15 is 0 Å². The minimum atomic E-state index is 0.0648. The van der Waals surface area contributed by atoms with Gasteiger partial charge >= 0.3 is 0 Å². The first-order valence-electron chi connectivity index (χ1n) is 6.31. The summed E-state index contributed by atoms with van der Waals surface area (Å²) >= 11 is 7.37. The molecule has 108 valence electrons. The van der Waals surface area contributed by atoms with Gasteiger partial charge in [-0.05, 0) is 18.2 Å². The summed E-state index contributed by atoms with van der Waals surface area (Å²) in [7, 11) is 1.80. The van der Waals surface area contributed by atoms with Crippen LogP contribution in [0.5, 0.6) is 0 Å². The zero-order chi connectivity index (χ0) is 14.4. The third-order valence-electron chi connectivity index (χ3n) is 2.80. The molecule has 0 aliphatic carbocycles. The van der Waals surface area contributed by atoms with Gasteiger partial charge in [-0.1, -0.05) is 11.6 Å². The molecule has 0 atom stereocenters. The van der Waals surface area contributed by atoms with Crippen LogP contribution in [-0.4, -0.2) is 40.7 Å². The van der Waals surface area contributed by atoms with Gasteiger partial charge in [0.2, 0.25) is 5.91 Å².